The summed E-state index contributed by atoms with van der Waals surface area (Å²) in [6.07, 6.45) is 4.99. The molecule has 23 heavy (non-hydrogen) atoms. The number of nitrogens with zero attached hydrogens (tertiary/aromatic N) is 1. The number of nitro benzene ring substituents is 1. The van der Waals surface area contributed by atoms with Gasteiger partial charge in [-0.1, -0.05) is 42.5 Å². The Morgan fingerprint density at radius 2 is 1.91 bits per heavy atom. The Bertz CT molecular complexity index is 818. The Balaban J connectivity index is 1.86. The molecular weight excluding hydrogens is 295 g/mol. The standard InChI is InChI=1S/C18H15FN2O2/c19-15-9-4-8-13-11-6-3-7-12(11)17(20-18(13)15)14-5-1-2-10-16(14)21(22)23/h1-6,8-12,17,20H,7H2/t11-,12-,17-/m1/s1. The molecule has 0 unspecified atom stereocenters. The molecule has 0 spiro atoms. The highest BCUT2D eigenvalue weighted by Gasteiger charge is 2.40. The molecule has 2 aliphatic rings. The molecule has 3 atom stereocenters. The minimum absolute atomic E-state index is 0.0791. The van der Waals surface area contributed by atoms with E-state index < -0.39 is 0 Å². The van der Waals surface area contributed by atoms with E-state index in [2.05, 4.69) is 17.5 Å². The van der Waals surface area contributed by atoms with Crippen LogP contribution in [0.1, 0.15) is 29.5 Å². The zero-order valence-electron chi connectivity index (χ0n) is 12.3. The van der Waals surface area contributed by atoms with E-state index in [-0.39, 0.29) is 34.3 Å². The normalized spacial score (nSPS) is 24.7. The molecule has 4 rings (SSSR count). The van der Waals surface area contributed by atoms with Crippen molar-refractivity contribution >= 4 is 11.4 Å². The Hall–Kier alpha value is -2.69. The summed E-state index contributed by atoms with van der Waals surface area (Å²) < 4.78 is 14.3. The third-order valence-electron chi connectivity index (χ3n) is 4.81. The number of anilines is 1. The molecule has 1 aliphatic carbocycles. The van der Waals surface area contributed by atoms with E-state index in [1.54, 1.807) is 24.3 Å². The van der Waals surface area contributed by atoms with Crippen LogP contribution in [0.5, 0.6) is 0 Å². The minimum Gasteiger partial charge on any atom is -0.375 e. The van der Waals surface area contributed by atoms with Gasteiger partial charge in [0.05, 0.1) is 22.2 Å². The number of rotatable bonds is 2. The Morgan fingerprint density at radius 1 is 1.13 bits per heavy atom. The van der Waals surface area contributed by atoms with Crippen molar-refractivity contribution in [2.45, 2.75) is 18.4 Å². The monoisotopic (exact) mass is 310 g/mol. The fourth-order valence-corrected chi connectivity index (χ4v) is 3.81. The van der Waals surface area contributed by atoms with Gasteiger partial charge in [-0.3, -0.25) is 10.1 Å². The quantitative estimate of drug-likeness (QED) is 0.502. The summed E-state index contributed by atoms with van der Waals surface area (Å²) in [5.41, 5.74) is 2.09. The summed E-state index contributed by atoms with van der Waals surface area (Å²) in [5.74, 6) is -0.0676. The number of nitrogens with one attached hydrogen (secondary N) is 1. The highest BCUT2D eigenvalue weighted by molar-refractivity contribution is 5.62. The van der Waals surface area contributed by atoms with Gasteiger partial charge in [-0.05, 0) is 24.0 Å². The molecule has 0 saturated heterocycles. The molecule has 0 aromatic heterocycles. The molecule has 5 heteroatoms. The lowest BCUT2D eigenvalue weighted by Crippen LogP contribution is -2.30. The molecular formula is C18H15FN2O2. The van der Waals surface area contributed by atoms with Crippen LogP contribution in [0.15, 0.2) is 54.6 Å². The second-order valence-corrected chi connectivity index (χ2v) is 6.00. The van der Waals surface area contributed by atoms with Gasteiger partial charge in [0.2, 0.25) is 0 Å². The van der Waals surface area contributed by atoms with Crippen molar-refractivity contribution < 1.29 is 9.31 Å². The topological polar surface area (TPSA) is 55.2 Å². The predicted octanol–water partition coefficient (Wildman–Crippen LogP) is 4.56. The summed E-state index contributed by atoms with van der Waals surface area (Å²) >= 11 is 0. The minimum atomic E-state index is -0.370. The lowest BCUT2D eigenvalue weighted by molar-refractivity contribution is -0.385. The van der Waals surface area contributed by atoms with Crippen LogP contribution in [0.4, 0.5) is 15.8 Å². The number of nitro groups is 1. The molecule has 0 fully saturated rings. The molecule has 1 N–H and O–H groups in total. The molecule has 0 bridgehead atoms. The van der Waals surface area contributed by atoms with Crippen LogP contribution >= 0.6 is 0 Å². The van der Waals surface area contributed by atoms with Crippen molar-refractivity contribution in [1.29, 1.82) is 0 Å². The van der Waals surface area contributed by atoms with Crippen LogP contribution in [-0.4, -0.2) is 4.92 Å². The molecule has 116 valence electrons. The molecule has 1 heterocycles. The van der Waals surface area contributed by atoms with Gasteiger partial charge in [-0.15, -0.1) is 0 Å². The van der Waals surface area contributed by atoms with E-state index in [0.29, 0.717) is 11.3 Å². The van der Waals surface area contributed by atoms with Gasteiger partial charge >= 0.3 is 0 Å². The third-order valence-corrected chi connectivity index (χ3v) is 4.81. The summed E-state index contributed by atoms with van der Waals surface area (Å²) in [6, 6.07) is 11.5. The summed E-state index contributed by atoms with van der Waals surface area (Å²) in [4.78, 5) is 11.0. The van der Waals surface area contributed by atoms with E-state index in [0.717, 1.165) is 12.0 Å². The lowest BCUT2D eigenvalue weighted by atomic mass is 9.76. The largest absolute Gasteiger partial charge is 0.375 e. The highest BCUT2D eigenvalue weighted by Crippen LogP contribution is 2.51. The molecule has 0 amide bonds. The third kappa shape index (κ3) is 2.11. The molecule has 2 aromatic rings. The number of allylic oxidation sites excluding steroid dienone is 2. The Morgan fingerprint density at radius 3 is 2.74 bits per heavy atom. The van der Waals surface area contributed by atoms with Crippen LogP contribution in [0, 0.1) is 21.8 Å². The van der Waals surface area contributed by atoms with Crippen molar-refractivity contribution in [3.8, 4) is 0 Å². The second-order valence-electron chi connectivity index (χ2n) is 6.00. The number of fused-ring (bicyclic) bond motifs is 3. The maximum Gasteiger partial charge on any atom is 0.274 e. The lowest BCUT2D eigenvalue weighted by Gasteiger charge is -2.37. The smallest absolute Gasteiger partial charge is 0.274 e. The fraction of sp³-hybridized carbons (Fsp3) is 0.222. The van der Waals surface area contributed by atoms with Crippen molar-refractivity contribution in [2.24, 2.45) is 5.92 Å². The van der Waals surface area contributed by atoms with E-state index in [9.17, 15) is 14.5 Å². The maximum atomic E-state index is 14.3. The van der Waals surface area contributed by atoms with Crippen molar-refractivity contribution in [1.82, 2.24) is 0 Å². The fourth-order valence-electron chi connectivity index (χ4n) is 3.81. The van der Waals surface area contributed by atoms with Gasteiger partial charge in [0, 0.05) is 12.0 Å². The average molecular weight is 310 g/mol. The van der Waals surface area contributed by atoms with Crippen LogP contribution < -0.4 is 5.32 Å². The number of hydrogen-bond donors (Lipinski definition) is 1. The summed E-state index contributed by atoms with van der Waals surface area (Å²) in [6.45, 7) is 0. The average Bonchev–Trinajstić information content (AvgIpc) is 3.04. The van der Waals surface area contributed by atoms with Crippen molar-refractivity contribution in [3.05, 3.63) is 81.7 Å². The van der Waals surface area contributed by atoms with E-state index in [4.69, 9.17) is 0 Å². The Labute approximate surface area is 132 Å². The molecule has 0 radical (unpaired) electrons. The Kier molecular flexibility index (Phi) is 3.15. The van der Waals surface area contributed by atoms with Crippen LogP contribution in [0.2, 0.25) is 0 Å². The molecule has 2 aromatic carbocycles. The SMILES string of the molecule is O=[N+]([O-])c1ccccc1[C@@H]1Nc2c(F)cccc2[C@@H]2C=CC[C@H]21. The van der Waals surface area contributed by atoms with Gasteiger partial charge in [0.25, 0.3) is 5.69 Å². The van der Waals surface area contributed by atoms with Gasteiger partial charge in [-0.25, -0.2) is 4.39 Å². The summed E-state index contributed by atoms with van der Waals surface area (Å²) in [5, 5.41) is 14.6. The van der Waals surface area contributed by atoms with Gasteiger partial charge in [0.1, 0.15) is 5.82 Å². The second kappa shape index (κ2) is 5.19. The first kappa shape index (κ1) is 13.9. The van der Waals surface area contributed by atoms with E-state index in [1.165, 1.54) is 12.1 Å². The predicted molar refractivity (Wildman–Crippen MR) is 85.8 cm³/mol. The number of para-hydroxylation sites is 2. The number of hydrogen-bond acceptors (Lipinski definition) is 3. The first-order valence-electron chi connectivity index (χ1n) is 7.61. The van der Waals surface area contributed by atoms with Gasteiger partial charge in [-0.2, -0.15) is 0 Å². The maximum absolute atomic E-state index is 14.3. The van der Waals surface area contributed by atoms with Crippen LogP contribution in [0.25, 0.3) is 0 Å². The number of halogens is 1. The van der Waals surface area contributed by atoms with Crippen molar-refractivity contribution in [2.75, 3.05) is 5.32 Å². The van der Waals surface area contributed by atoms with Gasteiger partial charge in [0.15, 0.2) is 0 Å². The zero-order chi connectivity index (χ0) is 16.0. The van der Waals surface area contributed by atoms with E-state index in [1.807, 2.05) is 6.07 Å². The summed E-state index contributed by atoms with van der Waals surface area (Å²) in [7, 11) is 0. The van der Waals surface area contributed by atoms with E-state index >= 15 is 0 Å². The number of benzene rings is 2. The van der Waals surface area contributed by atoms with Crippen LogP contribution in [-0.2, 0) is 0 Å². The van der Waals surface area contributed by atoms with Crippen molar-refractivity contribution in [3.63, 3.8) is 0 Å². The van der Waals surface area contributed by atoms with Gasteiger partial charge < -0.3 is 5.32 Å². The van der Waals surface area contributed by atoms with Crippen LogP contribution in [0.3, 0.4) is 0 Å². The molecule has 1 aliphatic heterocycles. The molecule has 0 saturated carbocycles. The first-order valence-corrected chi connectivity index (χ1v) is 7.61. The highest BCUT2D eigenvalue weighted by atomic mass is 19.1. The zero-order valence-corrected chi connectivity index (χ0v) is 12.3. The molecule has 4 nitrogen and oxygen atoms in total. The first-order chi connectivity index (χ1) is 11.2.